The van der Waals surface area contributed by atoms with Crippen molar-refractivity contribution in [1.82, 2.24) is 0 Å². The lowest BCUT2D eigenvalue weighted by Crippen LogP contribution is -2.37. The summed E-state index contributed by atoms with van der Waals surface area (Å²) in [5.74, 6) is 1.12. The predicted molar refractivity (Wildman–Crippen MR) is 73.3 cm³/mol. The SMILES string of the molecule is CC1OCCC1(CN)CCSc1ccccc1. The highest BCUT2D eigenvalue weighted by Crippen LogP contribution is 2.38. The number of nitrogens with two attached hydrogens (primary N) is 1. The van der Waals surface area contributed by atoms with Crippen LogP contribution in [0.15, 0.2) is 35.2 Å². The van der Waals surface area contributed by atoms with E-state index < -0.39 is 0 Å². The summed E-state index contributed by atoms with van der Waals surface area (Å²) in [5, 5.41) is 0. The van der Waals surface area contributed by atoms with Crippen LogP contribution >= 0.6 is 11.8 Å². The van der Waals surface area contributed by atoms with Crippen molar-refractivity contribution in [1.29, 1.82) is 0 Å². The van der Waals surface area contributed by atoms with Crippen molar-refractivity contribution >= 4 is 11.8 Å². The van der Waals surface area contributed by atoms with Crippen molar-refractivity contribution in [2.24, 2.45) is 11.1 Å². The van der Waals surface area contributed by atoms with Crippen molar-refractivity contribution in [2.45, 2.75) is 30.8 Å². The smallest absolute Gasteiger partial charge is 0.0616 e. The standard InChI is InChI=1S/C14H21NOS/c1-12-14(11-15,7-9-16-12)8-10-17-13-5-3-2-4-6-13/h2-6,12H,7-11,15H2,1H3. The summed E-state index contributed by atoms with van der Waals surface area (Å²) in [5.41, 5.74) is 6.16. The Balaban J connectivity index is 1.85. The first-order chi connectivity index (χ1) is 8.27. The van der Waals surface area contributed by atoms with Gasteiger partial charge >= 0.3 is 0 Å². The third-order valence-electron chi connectivity index (χ3n) is 3.85. The second kappa shape index (κ2) is 5.89. The van der Waals surface area contributed by atoms with Crippen LogP contribution in [0.3, 0.4) is 0 Å². The average Bonchev–Trinajstić information content (AvgIpc) is 2.73. The van der Waals surface area contributed by atoms with E-state index in [0.717, 1.165) is 31.7 Å². The normalized spacial score (nSPS) is 28.5. The van der Waals surface area contributed by atoms with Crippen LogP contribution in [0.1, 0.15) is 19.8 Å². The minimum Gasteiger partial charge on any atom is -0.378 e. The Morgan fingerprint density at radius 3 is 2.76 bits per heavy atom. The van der Waals surface area contributed by atoms with E-state index in [1.165, 1.54) is 4.90 Å². The van der Waals surface area contributed by atoms with Gasteiger partial charge in [0, 0.05) is 23.5 Å². The molecule has 94 valence electrons. The number of thioether (sulfide) groups is 1. The molecular formula is C14H21NOS. The maximum Gasteiger partial charge on any atom is 0.0616 e. The Kier molecular flexibility index (Phi) is 4.48. The average molecular weight is 251 g/mol. The van der Waals surface area contributed by atoms with Crippen LogP contribution in [-0.2, 0) is 4.74 Å². The van der Waals surface area contributed by atoms with Crippen molar-refractivity contribution < 1.29 is 4.74 Å². The molecule has 17 heavy (non-hydrogen) atoms. The summed E-state index contributed by atoms with van der Waals surface area (Å²) in [4.78, 5) is 1.34. The van der Waals surface area contributed by atoms with Gasteiger partial charge in [-0.15, -0.1) is 11.8 Å². The molecule has 1 fully saturated rings. The molecule has 1 saturated heterocycles. The summed E-state index contributed by atoms with van der Waals surface area (Å²) < 4.78 is 5.67. The predicted octanol–water partition coefficient (Wildman–Crippen LogP) is 2.92. The van der Waals surface area contributed by atoms with Gasteiger partial charge in [-0.3, -0.25) is 0 Å². The minimum atomic E-state index is 0.210. The van der Waals surface area contributed by atoms with Crippen LogP contribution in [-0.4, -0.2) is 25.0 Å². The molecule has 0 spiro atoms. The molecule has 0 radical (unpaired) electrons. The van der Waals surface area contributed by atoms with E-state index in [9.17, 15) is 0 Å². The van der Waals surface area contributed by atoms with Gasteiger partial charge < -0.3 is 10.5 Å². The first-order valence-corrected chi connectivity index (χ1v) is 7.25. The van der Waals surface area contributed by atoms with E-state index >= 15 is 0 Å². The molecule has 2 N–H and O–H groups in total. The molecule has 1 aliphatic heterocycles. The topological polar surface area (TPSA) is 35.2 Å². The van der Waals surface area contributed by atoms with Crippen LogP contribution in [0.2, 0.25) is 0 Å². The first-order valence-electron chi connectivity index (χ1n) is 6.26. The number of ether oxygens (including phenoxy) is 1. The van der Waals surface area contributed by atoms with Gasteiger partial charge in [0.1, 0.15) is 0 Å². The molecule has 1 heterocycles. The van der Waals surface area contributed by atoms with Crippen LogP contribution in [0, 0.1) is 5.41 Å². The number of rotatable bonds is 5. The lowest BCUT2D eigenvalue weighted by Gasteiger charge is -2.30. The molecule has 3 heteroatoms. The lowest BCUT2D eigenvalue weighted by molar-refractivity contribution is 0.0660. The van der Waals surface area contributed by atoms with Gasteiger partial charge in [0.15, 0.2) is 0 Å². The second-order valence-corrected chi connectivity index (χ2v) is 5.91. The molecule has 0 bridgehead atoms. The molecular weight excluding hydrogens is 230 g/mol. The minimum absolute atomic E-state index is 0.210. The monoisotopic (exact) mass is 251 g/mol. The fourth-order valence-corrected chi connectivity index (χ4v) is 3.50. The summed E-state index contributed by atoms with van der Waals surface area (Å²) >= 11 is 1.91. The summed E-state index contributed by atoms with van der Waals surface area (Å²) in [6.45, 7) is 3.77. The molecule has 0 aromatic heterocycles. The van der Waals surface area contributed by atoms with E-state index in [2.05, 4.69) is 37.3 Å². The maximum atomic E-state index is 5.95. The van der Waals surface area contributed by atoms with Crippen molar-refractivity contribution in [3.8, 4) is 0 Å². The molecule has 0 aliphatic carbocycles. The second-order valence-electron chi connectivity index (χ2n) is 4.74. The Morgan fingerprint density at radius 1 is 1.41 bits per heavy atom. The Morgan fingerprint density at radius 2 is 2.18 bits per heavy atom. The maximum absolute atomic E-state index is 5.95. The number of hydrogen-bond acceptors (Lipinski definition) is 3. The Bertz CT molecular complexity index is 343. The van der Waals surface area contributed by atoms with E-state index in [0.29, 0.717) is 6.10 Å². The number of hydrogen-bond donors (Lipinski definition) is 1. The van der Waals surface area contributed by atoms with Crippen LogP contribution in [0.4, 0.5) is 0 Å². The fourth-order valence-electron chi connectivity index (χ4n) is 2.41. The molecule has 1 aromatic carbocycles. The lowest BCUT2D eigenvalue weighted by atomic mass is 9.79. The van der Waals surface area contributed by atoms with Crippen molar-refractivity contribution in [3.63, 3.8) is 0 Å². The largest absolute Gasteiger partial charge is 0.378 e. The van der Waals surface area contributed by atoms with E-state index in [4.69, 9.17) is 10.5 Å². The third kappa shape index (κ3) is 3.03. The van der Waals surface area contributed by atoms with Crippen LogP contribution in [0.25, 0.3) is 0 Å². The molecule has 2 atom stereocenters. The van der Waals surface area contributed by atoms with Gasteiger partial charge in [-0.1, -0.05) is 18.2 Å². The summed E-state index contributed by atoms with van der Waals surface area (Å²) in [7, 11) is 0. The zero-order valence-electron chi connectivity index (χ0n) is 10.4. The molecule has 2 nitrogen and oxygen atoms in total. The molecule has 1 aromatic rings. The molecule has 0 amide bonds. The van der Waals surface area contributed by atoms with Gasteiger partial charge in [0.05, 0.1) is 6.10 Å². The Hall–Kier alpha value is -0.510. The highest BCUT2D eigenvalue weighted by Gasteiger charge is 2.39. The zero-order valence-corrected chi connectivity index (χ0v) is 11.2. The van der Waals surface area contributed by atoms with Crippen LogP contribution < -0.4 is 5.73 Å². The van der Waals surface area contributed by atoms with Crippen molar-refractivity contribution in [2.75, 3.05) is 18.9 Å². The summed E-state index contributed by atoms with van der Waals surface area (Å²) in [6, 6.07) is 10.5. The van der Waals surface area contributed by atoms with Crippen molar-refractivity contribution in [3.05, 3.63) is 30.3 Å². The van der Waals surface area contributed by atoms with Crippen LogP contribution in [0.5, 0.6) is 0 Å². The van der Waals surface area contributed by atoms with E-state index in [1.54, 1.807) is 0 Å². The fraction of sp³-hybridized carbons (Fsp3) is 0.571. The highest BCUT2D eigenvalue weighted by atomic mass is 32.2. The molecule has 2 unspecified atom stereocenters. The van der Waals surface area contributed by atoms with E-state index in [1.807, 2.05) is 11.8 Å². The Labute approximate surface area is 108 Å². The van der Waals surface area contributed by atoms with E-state index in [-0.39, 0.29) is 5.41 Å². The van der Waals surface area contributed by atoms with Gasteiger partial charge in [0.25, 0.3) is 0 Å². The molecule has 0 saturated carbocycles. The van der Waals surface area contributed by atoms with Gasteiger partial charge in [-0.05, 0) is 37.7 Å². The quantitative estimate of drug-likeness (QED) is 0.817. The summed E-state index contributed by atoms with van der Waals surface area (Å²) in [6.07, 6.45) is 2.56. The third-order valence-corrected chi connectivity index (χ3v) is 4.86. The zero-order chi connectivity index (χ0) is 12.1. The molecule has 1 aliphatic rings. The number of benzene rings is 1. The van der Waals surface area contributed by atoms with Gasteiger partial charge in [-0.25, -0.2) is 0 Å². The highest BCUT2D eigenvalue weighted by molar-refractivity contribution is 7.99. The first kappa shape index (κ1) is 12.9. The van der Waals surface area contributed by atoms with Gasteiger partial charge in [0.2, 0.25) is 0 Å². The molecule has 2 rings (SSSR count). The van der Waals surface area contributed by atoms with Gasteiger partial charge in [-0.2, -0.15) is 0 Å².